The van der Waals surface area contributed by atoms with Crippen molar-refractivity contribution in [3.8, 4) is 0 Å². The van der Waals surface area contributed by atoms with Crippen molar-refractivity contribution in [1.29, 1.82) is 0 Å². The summed E-state index contributed by atoms with van der Waals surface area (Å²) in [5, 5.41) is 0. The fourth-order valence-electron chi connectivity index (χ4n) is 5.07. The zero-order valence-corrected chi connectivity index (χ0v) is 19.0. The SMILES string of the molecule is C=Cc1ccccc1C1CCC(OCC2CCCCN2C(=O)OCc2ccccc2)CC1. The highest BCUT2D eigenvalue weighted by atomic mass is 16.6. The predicted molar refractivity (Wildman–Crippen MR) is 128 cm³/mol. The number of nitrogens with zero attached hydrogens (tertiary/aromatic N) is 1. The van der Waals surface area contributed by atoms with E-state index in [0.29, 0.717) is 19.1 Å². The van der Waals surface area contributed by atoms with Crippen molar-refractivity contribution in [3.63, 3.8) is 0 Å². The molecule has 1 atom stereocenters. The molecule has 0 spiro atoms. The fraction of sp³-hybridized carbons (Fsp3) is 0.464. The molecule has 1 heterocycles. The summed E-state index contributed by atoms with van der Waals surface area (Å²) in [6, 6.07) is 18.6. The molecule has 0 N–H and O–H groups in total. The third kappa shape index (κ3) is 5.80. The molecule has 2 aromatic rings. The van der Waals surface area contributed by atoms with Gasteiger partial charge in [-0.05, 0) is 67.6 Å². The number of carbonyl (C=O) groups is 1. The molecular weight excluding hydrogens is 398 g/mol. The maximum atomic E-state index is 12.7. The Kier molecular flexibility index (Phi) is 8.00. The molecule has 2 aliphatic rings. The third-order valence-electron chi connectivity index (χ3n) is 6.92. The van der Waals surface area contributed by atoms with E-state index in [2.05, 4.69) is 30.8 Å². The zero-order valence-electron chi connectivity index (χ0n) is 19.0. The Morgan fingerprint density at radius 2 is 1.72 bits per heavy atom. The molecule has 1 saturated carbocycles. The Balaban J connectivity index is 1.25. The predicted octanol–water partition coefficient (Wildman–Crippen LogP) is 6.56. The highest BCUT2D eigenvalue weighted by molar-refractivity contribution is 5.68. The molecule has 2 aromatic carbocycles. The summed E-state index contributed by atoms with van der Waals surface area (Å²) in [5.74, 6) is 0.586. The number of benzene rings is 2. The van der Waals surface area contributed by atoms with Crippen LogP contribution in [0, 0.1) is 0 Å². The largest absolute Gasteiger partial charge is 0.445 e. The topological polar surface area (TPSA) is 38.8 Å². The van der Waals surface area contributed by atoms with E-state index in [9.17, 15) is 4.79 Å². The van der Waals surface area contributed by atoms with E-state index >= 15 is 0 Å². The quantitative estimate of drug-likeness (QED) is 0.496. The van der Waals surface area contributed by atoms with Gasteiger partial charge in [-0.15, -0.1) is 0 Å². The first-order valence-electron chi connectivity index (χ1n) is 12.0. The van der Waals surface area contributed by atoms with Gasteiger partial charge in [-0.3, -0.25) is 0 Å². The zero-order chi connectivity index (χ0) is 22.2. The highest BCUT2D eigenvalue weighted by Crippen LogP contribution is 2.36. The van der Waals surface area contributed by atoms with Gasteiger partial charge in [0.15, 0.2) is 0 Å². The van der Waals surface area contributed by atoms with Crippen LogP contribution in [0.2, 0.25) is 0 Å². The van der Waals surface area contributed by atoms with E-state index in [0.717, 1.165) is 57.1 Å². The van der Waals surface area contributed by atoms with Crippen molar-refractivity contribution < 1.29 is 14.3 Å². The summed E-state index contributed by atoms with van der Waals surface area (Å²) in [6.45, 7) is 5.65. The van der Waals surface area contributed by atoms with Gasteiger partial charge >= 0.3 is 6.09 Å². The minimum absolute atomic E-state index is 0.117. The van der Waals surface area contributed by atoms with Crippen LogP contribution in [0.1, 0.15) is 67.6 Å². The van der Waals surface area contributed by atoms with Gasteiger partial charge in [0.1, 0.15) is 6.61 Å². The van der Waals surface area contributed by atoms with E-state index in [4.69, 9.17) is 9.47 Å². The second-order valence-electron chi connectivity index (χ2n) is 9.02. The number of likely N-dealkylation sites (tertiary alicyclic amines) is 1. The smallest absolute Gasteiger partial charge is 0.410 e. The van der Waals surface area contributed by atoms with Crippen LogP contribution >= 0.6 is 0 Å². The number of hydrogen-bond acceptors (Lipinski definition) is 3. The normalized spacial score (nSPS) is 23.5. The van der Waals surface area contributed by atoms with E-state index in [1.165, 1.54) is 11.1 Å². The molecule has 0 aromatic heterocycles. The summed E-state index contributed by atoms with van der Waals surface area (Å²) in [6.07, 6.45) is 9.62. The first kappa shape index (κ1) is 22.6. The third-order valence-corrected chi connectivity index (χ3v) is 6.92. The van der Waals surface area contributed by atoms with Gasteiger partial charge in [0.05, 0.1) is 18.8 Å². The highest BCUT2D eigenvalue weighted by Gasteiger charge is 2.30. The molecule has 1 unspecified atom stereocenters. The van der Waals surface area contributed by atoms with Gasteiger partial charge in [-0.25, -0.2) is 4.79 Å². The fourth-order valence-corrected chi connectivity index (χ4v) is 5.07. The number of carbonyl (C=O) groups excluding carboxylic acids is 1. The van der Waals surface area contributed by atoms with Gasteiger partial charge in [0.25, 0.3) is 0 Å². The van der Waals surface area contributed by atoms with Crippen molar-refractivity contribution in [1.82, 2.24) is 4.90 Å². The number of ether oxygens (including phenoxy) is 2. The Labute approximate surface area is 192 Å². The van der Waals surface area contributed by atoms with Crippen LogP contribution in [0.3, 0.4) is 0 Å². The Hall–Kier alpha value is -2.59. The van der Waals surface area contributed by atoms with Crippen molar-refractivity contribution in [2.24, 2.45) is 0 Å². The van der Waals surface area contributed by atoms with Crippen molar-refractivity contribution in [3.05, 3.63) is 77.9 Å². The minimum atomic E-state index is -0.216. The lowest BCUT2D eigenvalue weighted by molar-refractivity contribution is -0.0208. The number of piperidine rings is 1. The Morgan fingerprint density at radius 1 is 0.969 bits per heavy atom. The second kappa shape index (κ2) is 11.3. The summed E-state index contributed by atoms with van der Waals surface area (Å²) in [7, 11) is 0. The van der Waals surface area contributed by atoms with Crippen LogP contribution in [-0.4, -0.2) is 36.3 Å². The van der Waals surface area contributed by atoms with Crippen LogP contribution in [0.4, 0.5) is 4.79 Å². The van der Waals surface area contributed by atoms with Gasteiger partial charge in [-0.1, -0.05) is 67.3 Å². The van der Waals surface area contributed by atoms with Crippen LogP contribution in [0.15, 0.2) is 61.2 Å². The van der Waals surface area contributed by atoms with Crippen molar-refractivity contribution in [2.45, 2.75) is 69.6 Å². The lowest BCUT2D eigenvalue weighted by Gasteiger charge is -2.36. The number of hydrogen-bond donors (Lipinski definition) is 0. The Bertz CT molecular complexity index is 873. The van der Waals surface area contributed by atoms with Crippen molar-refractivity contribution >= 4 is 12.2 Å². The van der Waals surface area contributed by atoms with Crippen LogP contribution in [0.5, 0.6) is 0 Å². The summed E-state index contributed by atoms with van der Waals surface area (Å²) in [4.78, 5) is 14.6. The molecule has 4 heteroatoms. The summed E-state index contributed by atoms with van der Waals surface area (Å²) >= 11 is 0. The molecule has 4 rings (SSSR count). The van der Waals surface area contributed by atoms with Gasteiger partial charge in [-0.2, -0.15) is 0 Å². The maximum Gasteiger partial charge on any atom is 0.410 e. The molecule has 1 aliphatic heterocycles. The van der Waals surface area contributed by atoms with E-state index in [1.807, 2.05) is 41.3 Å². The lowest BCUT2D eigenvalue weighted by Crippen LogP contribution is -2.47. The molecule has 4 nitrogen and oxygen atoms in total. The van der Waals surface area contributed by atoms with Crippen LogP contribution in [0.25, 0.3) is 6.08 Å². The maximum absolute atomic E-state index is 12.7. The Morgan fingerprint density at radius 3 is 2.50 bits per heavy atom. The molecule has 1 saturated heterocycles. The van der Waals surface area contributed by atoms with E-state index in [-0.39, 0.29) is 18.2 Å². The minimum Gasteiger partial charge on any atom is -0.445 e. The van der Waals surface area contributed by atoms with Gasteiger partial charge < -0.3 is 14.4 Å². The second-order valence-corrected chi connectivity index (χ2v) is 9.02. The summed E-state index contributed by atoms with van der Waals surface area (Å²) in [5.41, 5.74) is 3.68. The lowest BCUT2D eigenvalue weighted by atomic mass is 9.81. The molecule has 0 bridgehead atoms. The van der Waals surface area contributed by atoms with Crippen LogP contribution in [-0.2, 0) is 16.1 Å². The van der Waals surface area contributed by atoms with E-state index in [1.54, 1.807) is 0 Å². The molecule has 170 valence electrons. The monoisotopic (exact) mass is 433 g/mol. The first-order chi connectivity index (χ1) is 15.7. The molecule has 1 aliphatic carbocycles. The molecule has 2 fully saturated rings. The van der Waals surface area contributed by atoms with Crippen LogP contribution < -0.4 is 0 Å². The summed E-state index contributed by atoms with van der Waals surface area (Å²) < 4.78 is 11.9. The average molecular weight is 434 g/mol. The molecule has 32 heavy (non-hydrogen) atoms. The van der Waals surface area contributed by atoms with E-state index < -0.39 is 0 Å². The molecule has 0 radical (unpaired) electrons. The standard InChI is InChI=1S/C28H35NO3/c1-2-23-12-6-7-14-27(23)24-15-17-26(18-16-24)31-21-25-13-8-9-19-29(25)28(30)32-20-22-10-4-3-5-11-22/h2-7,10-12,14,24-26H,1,8-9,13,15-21H2. The van der Waals surface area contributed by atoms with Gasteiger partial charge in [0, 0.05) is 6.54 Å². The molecule has 1 amide bonds. The molecular formula is C28H35NO3. The number of rotatable bonds is 7. The first-order valence-corrected chi connectivity index (χ1v) is 12.0. The number of amides is 1. The average Bonchev–Trinajstić information content (AvgIpc) is 2.87. The van der Waals surface area contributed by atoms with Crippen molar-refractivity contribution in [2.75, 3.05) is 13.2 Å². The van der Waals surface area contributed by atoms with Gasteiger partial charge in [0.2, 0.25) is 0 Å².